The van der Waals surface area contributed by atoms with E-state index >= 15 is 0 Å². The number of amides is 1. The van der Waals surface area contributed by atoms with Gasteiger partial charge in [0.2, 0.25) is 0 Å². The minimum absolute atomic E-state index is 0.0770. The maximum atomic E-state index is 13.1. The molecule has 8 heteroatoms. The second kappa shape index (κ2) is 7.09. The van der Waals surface area contributed by atoms with Crippen molar-refractivity contribution in [3.05, 3.63) is 59.7 Å². The molecule has 5 nitrogen and oxygen atoms in total. The Kier molecular flexibility index (Phi) is 4.72. The van der Waals surface area contributed by atoms with Crippen LogP contribution in [0.4, 0.5) is 18.0 Å². The summed E-state index contributed by atoms with van der Waals surface area (Å²) in [6, 6.07) is 13.3. The van der Waals surface area contributed by atoms with Gasteiger partial charge in [0.05, 0.1) is 5.92 Å². The average molecular weight is 405 g/mol. The van der Waals surface area contributed by atoms with Crippen LogP contribution in [-0.4, -0.2) is 47.4 Å². The van der Waals surface area contributed by atoms with Crippen LogP contribution in [0.2, 0.25) is 0 Å². The Morgan fingerprint density at radius 3 is 2.10 bits per heavy atom. The van der Waals surface area contributed by atoms with Crippen molar-refractivity contribution >= 4 is 12.1 Å². The Morgan fingerprint density at radius 1 is 1.03 bits per heavy atom. The first-order chi connectivity index (χ1) is 13.8. The van der Waals surface area contributed by atoms with Crippen molar-refractivity contribution in [2.45, 2.75) is 24.6 Å². The van der Waals surface area contributed by atoms with Crippen molar-refractivity contribution < 1.29 is 32.6 Å². The highest BCUT2D eigenvalue weighted by Crippen LogP contribution is 2.45. The second-order valence-electron chi connectivity index (χ2n) is 7.22. The molecule has 1 fully saturated rings. The van der Waals surface area contributed by atoms with Gasteiger partial charge in [-0.15, -0.1) is 0 Å². The number of carboxylic acids is 1. The number of ether oxygens (including phenoxy) is 1. The van der Waals surface area contributed by atoms with Crippen molar-refractivity contribution in [1.82, 2.24) is 4.90 Å². The zero-order valence-corrected chi connectivity index (χ0v) is 15.2. The zero-order valence-electron chi connectivity index (χ0n) is 15.2. The van der Waals surface area contributed by atoms with Crippen LogP contribution in [0, 0.1) is 5.92 Å². The maximum Gasteiger partial charge on any atom is 0.410 e. The van der Waals surface area contributed by atoms with Gasteiger partial charge >= 0.3 is 18.2 Å². The number of carbonyl (C=O) groups excluding carboxylic acids is 1. The third-order valence-electron chi connectivity index (χ3n) is 5.64. The van der Waals surface area contributed by atoms with Crippen molar-refractivity contribution in [2.75, 3.05) is 13.2 Å². The SMILES string of the molecule is O=C(O)[C@@H]1[C@@H](C(F)(F)F)CCN1C(=O)OCC1c2ccccc2-c2ccccc21. The number of carbonyl (C=O) groups is 2. The lowest BCUT2D eigenvalue weighted by atomic mass is 9.98. The summed E-state index contributed by atoms with van der Waals surface area (Å²) in [7, 11) is 0. The molecular weight excluding hydrogens is 387 g/mol. The molecule has 4 rings (SSSR count). The first kappa shape index (κ1) is 19.3. The number of likely N-dealkylation sites (tertiary alicyclic amines) is 1. The molecule has 1 aliphatic heterocycles. The topological polar surface area (TPSA) is 66.8 Å². The van der Waals surface area contributed by atoms with E-state index < -0.39 is 36.6 Å². The van der Waals surface area contributed by atoms with E-state index in [0.29, 0.717) is 4.90 Å². The predicted molar refractivity (Wildman–Crippen MR) is 97.4 cm³/mol. The van der Waals surface area contributed by atoms with Gasteiger partial charge in [-0.25, -0.2) is 9.59 Å². The summed E-state index contributed by atoms with van der Waals surface area (Å²) < 4.78 is 44.7. The zero-order chi connectivity index (χ0) is 20.8. The molecule has 2 atom stereocenters. The Labute approximate surface area is 164 Å². The van der Waals surface area contributed by atoms with Crippen molar-refractivity contribution in [3.63, 3.8) is 0 Å². The Hall–Kier alpha value is -3.03. The highest BCUT2D eigenvalue weighted by molar-refractivity contribution is 5.82. The highest BCUT2D eigenvalue weighted by Gasteiger charge is 2.55. The highest BCUT2D eigenvalue weighted by atomic mass is 19.4. The summed E-state index contributed by atoms with van der Waals surface area (Å²) in [5, 5.41) is 9.26. The van der Waals surface area contributed by atoms with E-state index in [0.717, 1.165) is 22.3 Å². The predicted octanol–water partition coefficient (Wildman–Crippen LogP) is 4.27. The third kappa shape index (κ3) is 3.32. The van der Waals surface area contributed by atoms with Gasteiger partial charge < -0.3 is 9.84 Å². The second-order valence-corrected chi connectivity index (χ2v) is 7.22. The number of rotatable bonds is 3. The molecule has 1 aliphatic carbocycles. The first-order valence-corrected chi connectivity index (χ1v) is 9.20. The molecule has 29 heavy (non-hydrogen) atoms. The van der Waals surface area contributed by atoms with Crippen LogP contribution >= 0.6 is 0 Å². The van der Waals surface area contributed by atoms with Crippen molar-refractivity contribution in [1.29, 1.82) is 0 Å². The molecule has 1 amide bonds. The Bertz CT molecular complexity index is 913. The summed E-state index contributed by atoms with van der Waals surface area (Å²) in [5.41, 5.74) is 3.97. The van der Waals surface area contributed by atoms with Crippen LogP contribution in [0.15, 0.2) is 48.5 Å². The molecule has 0 radical (unpaired) electrons. The number of benzene rings is 2. The van der Waals surface area contributed by atoms with Gasteiger partial charge in [-0.3, -0.25) is 4.90 Å². The van der Waals surface area contributed by atoms with E-state index in [1.54, 1.807) is 0 Å². The van der Waals surface area contributed by atoms with Gasteiger partial charge in [0.25, 0.3) is 0 Å². The summed E-state index contributed by atoms with van der Waals surface area (Å²) in [4.78, 5) is 24.6. The van der Waals surface area contributed by atoms with E-state index in [9.17, 15) is 27.9 Å². The lowest BCUT2D eigenvalue weighted by molar-refractivity contribution is -0.187. The van der Waals surface area contributed by atoms with Crippen LogP contribution < -0.4 is 0 Å². The van der Waals surface area contributed by atoms with E-state index in [2.05, 4.69) is 0 Å². The molecule has 0 bridgehead atoms. The number of nitrogens with zero attached hydrogens (tertiary/aromatic N) is 1. The molecule has 1 saturated heterocycles. The number of aliphatic carboxylic acids is 1. The third-order valence-corrected chi connectivity index (χ3v) is 5.64. The summed E-state index contributed by atoms with van der Waals surface area (Å²) >= 11 is 0. The number of hydrogen-bond donors (Lipinski definition) is 1. The van der Waals surface area contributed by atoms with Crippen molar-refractivity contribution in [3.8, 4) is 11.1 Å². The fourth-order valence-corrected chi connectivity index (χ4v) is 4.32. The molecule has 0 unspecified atom stereocenters. The fourth-order valence-electron chi connectivity index (χ4n) is 4.32. The quantitative estimate of drug-likeness (QED) is 0.828. The molecule has 0 spiro atoms. The van der Waals surface area contributed by atoms with Gasteiger partial charge in [-0.05, 0) is 28.7 Å². The smallest absolute Gasteiger partial charge is 0.410 e. The first-order valence-electron chi connectivity index (χ1n) is 9.20. The lowest BCUT2D eigenvalue weighted by Crippen LogP contribution is -2.47. The number of carboxylic acid groups (broad SMARTS) is 1. The largest absolute Gasteiger partial charge is 0.480 e. The maximum absolute atomic E-state index is 13.1. The average Bonchev–Trinajstić information content (AvgIpc) is 3.27. The Balaban J connectivity index is 1.53. The van der Waals surface area contributed by atoms with E-state index in [4.69, 9.17) is 4.74 Å². The van der Waals surface area contributed by atoms with E-state index in [-0.39, 0.29) is 19.1 Å². The van der Waals surface area contributed by atoms with Crippen LogP contribution in [0.3, 0.4) is 0 Å². The molecular formula is C21H18F3NO4. The number of halogens is 3. The summed E-state index contributed by atoms with van der Waals surface area (Å²) in [6.07, 6.45) is -6.18. The van der Waals surface area contributed by atoms with Crippen LogP contribution in [0.5, 0.6) is 0 Å². The number of fused-ring (bicyclic) bond motifs is 3. The molecule has 1 N–H and O–H groups in total. The number of alkyl halides is 3. The minimum Gasteiger partial charge on any atom is -0.480 e. The van der Waals surface area contributed by atoms with Crippen LogP contribution in [0.1, 0.15) is 23.5 Å². The van der Waals surface area contributed by atoms with Gasteiger partial charge in [-0.1, -0.05) is 48.5 Å². The van der Waals surface area contributed by atoms with E-state index in [1.807, 2.05) is 48.5 Å². The summed E-state index contributed by atoms with van der Waals surface area (Å²) in [6.45, 7) is -0.385. The summed E-state index contributed by atoms with van der Waals surface area (Å²) in [5.74, 6) is -4.03. The standard InChI is InChI=1S/C21H18F3NO4/c22-21(23,24)17-9-10-25(18(17)19(26)27)20(28)29-11-16-14-7-3-1-5-12(14)13-6-2-4-8-15(13)16/h1-8,16-18H,9-11H2,(H,26,27)/t17-,18-/m0/s1. The molecule has 2 aliphatic rings. The van der Waals surface area contributed by atoms with Crippen molar-refractivity contribution in [2.24, 2.45) is 5.92 Å². The van der Waals surface area contributed by atoms with Gasteiger partial charge in [0.1, 0.15) is 12.6 Å². The molecule has 1 heterocycles. The van der Waals surface area contributed by atoms with E-state index in [1.165, 1.54) is 0 Å². The lowest BCUT2D eigenvalue weighted by Gasteiger charge is -2.26. The molecule has 152 valence electrons. The fraction of sp³-hybridized carbons (Fsp3) is 0.333. The molecule has 0 aromatic heterocycles. The van der Waals surface area contributed by atoms with Crippen LogP contribution in [0.25, 0.3) is 11.1 Å². The van der Waals surface area contributed by atoms with Gasteiger partial charge in [0, 0.05) is 12.5 Å². The molecule has 2 aromatic rings. The van der Waals surface area contributed by atoms with Crippen LogP contribution in [-0.2, 0) is 9.53 Å². The van der Waals surface area contributed by atoms with Gasteiger partial charge in [-0.2, -0.15) is 13.2 Å². The Morgan fingerprint density at radius 2 is 1.59 bits per heavy atom. The monoisotopic (exact) mass is 405 g/mol. The van der Waals surface area contributed by atoms with Gasteiger partial charge in [0.15, 0.2) is 0 Å². The minimum atomic E-state index is -4.69. The number of hydrogen-bond acceptors (Lipinski definition) is 3. The molecule has 2 aromatic carbocycles. The normalized spacial score (nSPS) is 21.0. The molecule has 0 saturated carbocycles.